The van der Waals surface area contributed by atoms with Crippen LogP contribution in [0, 0.1) is 0 Å². The molecule has 0 unspecified atom stereocenters. The van der Waals surface area contributed by atoms with Crippen molar-refractivity contribution in [2.24, 2.45) is 0 Å². The Kier molecular flexibility index (Phi) is 7.65. The molecule has 29 heavy (non-hydrogen) atoms. The monoisotopic (exact) mass is 398 g/mol. The molecule has 0 radical (unpaired) electrons. The van der Waals surface area contributed by atoms with Crippen LogP contribution in [0.4, 0.5) is 4.79 Å². The first kappa shape index (κ1) is 22.3. The van der Waals surface area contributed by atoms with Gasteiger partial charge in [0, 0.05) is 25.6 Å². The summed E-state index contributed by atoms with van der Waals surface area (Å²) in [7, 11) is 3.31. The number of carbonyl (C=O) groups is 2. The van der Waals surface area contributed by atoms with Crippen LogP contribution in [-0.2, 0) is 22.5 Å². The van der Waals surface area contributed by atoms with E-state index in [0.29, 0.717) is 18.7 Å². The molecular formula is C23H30N2O4. The summed E-state index contributed by atoms with van der Waals surface area (Å²) >= 11 is 0. The van der Waals surface area contributed by atoms with Gasteiger partial charge < -0.3 is 19.7 Å². The molecule has 6 heteroatoms. The molecule has 0 aliphatic carbocycles. The van der Waals surface area contributed by atoms with Gasteiger partial charge in [-0.3, -0.25) is 4.79 Å². The number of rotatable bonds is 7. The highest BCUT2D eigenvalue weighted by atomic mass is 16.6. The van der Waals surface area contributed by atoms with Gasteiger partial charge in [0.25, 0.3) is 0 Å². The topological polar surface area (TPSA) is 67.9 Å². The van der Waals surface area contributed by atoms with Crippen molar-refractivity contribution in [3.8, 4) is 5.75 Å². The van der Waals surface area contributed by atoms with E-state index in [1.165, 1.54) is 0 Å². The van der Waals surface area contributed by atoms with Crippen LogP contribution >= 0.6 is 0 Å². The van der Waals surface area contributed by atoms with E-state index in [1.807, 2.05) is 54.6 Å². The molecule has 156 valence electrons. The molecule has 1 N–H and O–H groups in total. The zero-order valence-electron chi connectivity index (χ0n) is 17.8. The van der Waals surface area contributed by atoms with E-state index in [0.717, 1.165) is 11.1 Å². The molecule has 1 atom stereocenters. The molecule has 6 nitrogen and oxygen atoms in total. The number of likely N-dealkylation sites (N-methyl/N-ethyl adjacent to an activating group) is 1. The first-order chi connectivity index (χ1) is 13.7. The highest BCUT2D eigenvalue weighted by molar-refractivity contribution is 5.86. The molecule has 0 fully saturated rings. The number of nitrogens with one attached hydrogen (secondary N) is 1. The lowest BCUT2D eigenvalue weighted by Crippen LogP contribution is -2.49. The Morgan fingerprint density at radius 2 is 1.66 bits per heavy atom. The van der Waals surface area contributed by atoms with Gasteiger partial charge in [0.2, 0.25) is 5.91 Å². The van der Waals surface area contributed by atoms with Crippen molar-refractivity contribution in [3.05, 3.63) is 65.7 Å². The Morgan fingerprint density at radius 1 is 1.03 bits per heavy atom. The minimum Gasteiger partial charge on any atom is -0.496 e. The Bertz CT molecular complexity index is 815. The average molecular weight is 399 g/mol. The quantitative estimate of drug-likeness (QED) is 0.771. The van der Waals surface area contributed by atoms with Crippen LogP contribution < -0.4 is 10.1 Å². The molecule has 2 rings (SSSR count). The molecule has 2 aromatic rings. The van der Waals surface area contributed by atoms with Crippen molar-refractivity contribution < 1.29 is 19.1 Å². The van der Waals surface area contributed by atoms with Crippen molar-refractivity contribution in [2.45, 2.75) is 45.4 Å². The molecule has 0 heterocycles. The van der Waals surface area contributed by atoms with E-state index in [9.17, 15) is 9.59 Å². The number of benzene rings is 2. The predicted octanol–water partition coefficient (Wildman–Crippen LogP) is 3.79. The van der Waals surface area contributed by atoms with Crippen molar-refractivity contribution in [1.29, 1.82) is 0 Å². The van der Waals surface area contributed by atoms with Crippen LogP contribution in [0.1, 0.15) is 31.9 Å². The lowest BCUT2D eigenvalue weighted by molar-refractivity contribution is -0.132. The molecule has 2 amide bonds. The summed E-state index contributed by atoms with van der Waals surface area (Å²) in [5, 5.41) is 2.73. The maximum absolute atomic E-state index is 13.2. The molecule has 0 saturated carbocycles. The number of hydrogen-bond acceptors (Lipinski definition) is 4. The van der Waals surface area contributed by atoms with Gasteiger partial charge in [-0.1, -0.05) is 48.5 Å². The Morgan fingerprint density at radius 3 is 2.28 bits per heavy atom. The number of amides is 2. The van der Waals surface area contributed by atoms with E-state index in [1.54, 1.807) is 39.8 Å². The van der Waals surface area contributed by atoms with Crippen molar-refractivity contribution >= 4 is 12.0 Å². The molecule has 0 aliphatic rings. The molecule has 2 aromatic carbocycles. The van der Waals surface area contributed by atoms with Gasteiger partial charge in [-0.2, -0.15) is 0 Å². The molecule has 0 bridgehead atoms. The second-order valence-corrected chi connectivity index (χ2v) is 7.89. The minimum atomic E-state index is -0.744. The minimum absolute atomic E-state index is 0.203. The van der Waals surface area contributed by atoms with Gasteiger partial charge in [-0.05, 0) is 32.4 Å². The maximum Gasteiger partial charge on any atom is 0.408 e. The van der Waals surface area contributed by atoms with E-state index in [2.05, 4.69) is 5.32 Å². The highest BCUT2D eigenvalue weighted by Crippen LogP contribution is 2.19. The first-order valence-corrected chi connectivity index (χ1v) is 9.60. The lowest BCUT2D eigenvalue weighted by Gasteiger charge is -2.27. The number of methoxy groups -OCH3 is 1. The zero-order chi connectivity index (χ0) is 21.4. The van der Waals surface area contributed by atoms with Crippen LogP contribution in [-0.4, -0.2) is 42.7 Å². The largest absolute Gasteiger partial charge is 0.496 e. The third-order valence-corrected chi connectivity index (χ3v) is 4.25. The van der Waals surface area contributed by atoms with Crippen molar-refractivity contribution in [2.75, 3.05) is 14.2 Å². The van der Waals surface area contributed by atoms with Crippen LogP contribution in [0.2, 0.25) is 0 Å². The van der Waals surface area contributed by atoms with E-state index < -0.39 is 17.7 Å². The first-order valence-electron chi connectivity index (χ1n) is 9.60. The number of alkyl carbamates (subject to hydrolysis) is 1. The number of para-hydroxylation sites is 1. The van der Waals surface area contributed by atoms with Gasteiger partial charge in [0.15, 0.2) is 0 Å². The summed E-state index contributed by atoms with van der Waals surface area (Å²) in [6, 6.07) is 16.4. The van der Waals surface area contributed by atoms with Gasteiger partial charge in [-0.15, -0.1) is 0 Å². The van der Waals surface area contributed by atoms with Crippen LogP contribution in [0.15, 0.2) is 54.6 Å². The van der Waals surface area contributed by atoms with Crippen molar-refractivity contribution in [3.63, 3.8) is 0 Å². The summed E-state index contributed by atoms with van der Waals surface area (Å²) in [6.07, 6.45) is -0.243. The van der Waals surface area contributed by atoms with Crippen LogP contribution in [0.25, 0.3) is 0 Å². The van der Waals surface area contributed by atoms with Crippen LogP contribution in [0.3, 0.4) is 0 Å². The van der Waals surface area contributed by atoms with E-state index >= 15 is 0 Å². The van der Waals surface area contributed by atoms with Crippen LogP contribution in [0.5, 0.6) is 5.75 Å². The molecular weight excluding hydrogens is 368 g/mol. The summed E-state index contributed by atoms with van der Waals surface area (Å²) in [5.41, 5.74) is 1.20. The van der Waals surface area contributed by atoms with E-state index in [-0.39, 0.29) is 5.91 Å². The zero-order valence-corrected chi connectivity index (χ0v) is 17.8. The van der Waals surface area contributed by atoms with Crippen molar-refractivity contribution in [1.82, 2.24) is 10.2 Å². The third kappa shape index (κ3) is 7.14. The van der Waals surface area contributed by atoms with Gasteiger partial charge >= 0.3 is 6.09 Å². The predicted molar refractivity (Wildman–Crippen MR) is 113 cm³/mol. The number of ether oxygens (including phenoxy) is 2. The second kappa shape index (κ2) is 9.96. The summed E-state index contributed by atoms with van der Waals surface area (Å²) in [5.74, 6) is 0.512. The molecule has 0 spiro atoms. The maximum atomic E-state index is 13.2. The number of hydrogen-bond donors (Lipinski definition) is 1. The van der Waals surface area contributed by atoms with Gasteiger partial charge in [0.1, 0.15) is 17.4 Å². The number of nitrogens with zero attached hydrogens (tertiary/aromatic N) is 1. The fraction of sp³-hybridized carbons (Fsp3) is 0.391. The Labute approximate surface area is 172 Å². The fourth-order valence-electron chi connectivity index (χ4n) is 2.93. The lowest BCUT2D eigenvalue weighted by atomic mass is 10.0. The Balaban J connectivity index is 2.16. The smallest absolute Gasteiger partial charge is 0.408 e. The second-order valence-electron chi connectivity index (χ2n) is 7.89. The third-order valence-electron chi connectivity index (χ3n) is 4.25. The normalized spacial score (nSPS) is 12.0. The standard InChI is InChI=1S/C23H30N2O4/c1-23(2,3)29-22(27)24-19(15-17-11-7-6-8-12-17)21(26)25(4)16-18-13-9-10-14-20(18)28-5/h6-14,19H,15-16H2,1-5H3,(H,24,27)/t19-/m0/s1. The van der Waals surface area contributed by atoms with Gasteiger partial charge in [0.05, 0.1) is 7.11 Å². The summed E-state index contributed by atoms with van der Waals surface area (Å²) in [4.78, 5) is 27.1. The Hall–Kier alpha value is -3.02. The molecule has 0 saturated heterocycles. The average Bonchev–Trinajstić information content (AvgIpc) is 2.66. The SMILES string of the molecule is COc1ccccc1CN(C)C(=O)[C@H](Cc1ccccc1)NC(=O)OC(C)(C)C. The summed E-state index contributed by atoms with van der Waals surface area (Å²) < 4.78 is 10.7. The van der Waals surface area contributed by atoms with Gasteiger partial charge in [-0.25, -0.2) is 4.79 Å². The fourth-order valence-corrected chi connectivity index (χ4v) is 2.93. The highest BCUT2D eigenvalue weighted by Gasteiger charge is 2.27. The molecule has 0 aromatic heterocycles. The van der Waals surface area contributed by atoms with E-state index in [4.69, 9.17) is 9.47 Å². The molecule has 0 aliphatic heterocycles. The number of carbonyl (C=O) groups excluding carboxylic acids is 2. The summed E-state index contributed by atoms with van der Waals surface area (Å²) in [6.45, 7) is 5.72.